The second-order valence-corrected chi connectivity index (χ2v) is 5.61. The van der Waals surface area contributed by atoms with E-state index in [0.717, 1.165) is 37.7 Å². The summed E-state index contributed by atoms with van der Waals surface area (Å²) in [5.74, 6) is 1.55. The summed E-state index contributed by atoms with van der Waals surface area (Å²) in [5.41, 5.74) is 1.18. The summed E-state index contributed by atoms with van der Waals surface area (Å²) in [4.78, 5) is 15.8. The highest BCUT2D eigenvalue weighted by Gasteiger charge is 2.24. The molecular weight excluding hydrogens is 304 g/mol. The van der Waals surface area contributed by atoms with Crippen molar-refractivity contribution in [2.45, 2.75) is 13.0 Å². The Kier molecular flexibility index (Phi) is 5.91. The molecule has 0 unspecified atom stereocenters. The maximum atomic E-state index is 11.6. The first-order chi connectivity index (χ1) is 10.6. The summed E-state index contributed by atoms with van der Waals surface area (Å²) in [5, 5.41) is 0. The predicted molar refractivity (Wildman–Crippen MR) is 86.8 cm³/mol. The first-order valence-electron chi connectivity index (χ1n) is 7.40. The van der Waals surface area contributed by atoms with Gasteiger partial charge in [0.25, 0.3) is 0 Å². The average molecular weight is 327 g/mol. The van der Waals surface area contributed by atoms with E-state index in [0.29, 0.717) is 0 Å². The number of piperazine rings is 1. The topological polar surface area (TPSA) is 42.0 Å². The molecule has 6 heteroatoms. The van der Waals surface area contributed by atoms with E-state index in [-0.39, 0.29) is 17.8 Å². The molecule has 1 aromatic carbocycles. The van der Waals surface area contributed by atoms with Crippen LogP contribution in [0.2, 0.25) is 0 Å². The molecule has 5 nitrogen and oxygen atoms in total. The Morgan fingerprint density at radius 1 is 1.18 bits per heavy atom. The van der Waals surface area contributed by atoms with Crippen LogP contribution < -0.4 is 9.47 Å². The van der Waals surface area contributed by atoms with Crippen LogP contribution in [-0.2, 0) is 4.79 Å². The van der Waals surface area contributed by atoms with Crippen molar-refractivity contribution >= 4 is 17.5 Å². The molecule has 1 aromatic rings. The minimum Gasteiger partial charge on any atom is -0.493 e. The summed E-state index contributed by atoms with van der Waals surface area (Å²) < 4.78 is 10.6. The molecule has 0 bridgehead atoms. The lowest BCUT2D eigenvalue weighted by Gasteiger charge is -2.38. The van der Waals surface area contributed by atoms with Gasteiger partial charge in [0.2, 0.25) is 5.91 Å². The number of rotatable bonds is 5. The van der Waals surface area contributed by atoms with Crippen molar-refractivity contribution in [2.24, 2.45) is 0 Å². The summed E-state index contributed by atoms with van der Waals surface area (Å²) in [6.45, 7) is 5.31. The molecule has 1 heterocycles. The lowest BCUT2D eigenvalue weighted by molar-refractivity contribution is -0.130. The van der Waals surface area contributed by atoms with Crippen LogP contribution >= 0.6 is 11.6 Å². The number of halogens is 1. The predicted octanol–water partition coefficient (Wildman–Crippen LogP) is 2.15. The molecule has 0 saturated carbocycles. The monoisotopic (exact) mass is 326 g/mol. The largest absolute Gasteiger partial charge is 0.493 e. The zero-order valence-electron chi connectivity index (χ0n) is 13.3. The fourth-order valence-electron chi connectivity index (χ4n) is 2.77. The van der Waals surface area contributed by atoms with Gasteiger partial charge in [-0.05, 0) is 24.6 Å². The quantitative estimate of drug-likeness (QED) is 0.778. The maximum absolute atomic E-state index is 11.6. The highest BCUT2D eigenvalue weighted by molar-refractivity contribution is 6.27. The van der Waals surface area contributed by atoms with E-state index in [4.69, 9.17) is 21.1 Å². The number of carbonyl (C=O) groups is 1. The fourth-order valence-corrected chi connectivity index (χ4v) is 2.94. The van der Waals surface area contributed by atoms with Crippen molar-refractivity contribution in [1.82, 2.24) is 9.80 Å². The number of amides is 1. The molecule has 1 saturated heterocycles. The summed E-state index contributed by atoms with van der Waals surface area (Å²) in [6.07, 6.45) is 0. The lowest BCUT2D eigenvalue weighted by Crippen LogP contribution is -2.49. The Labute approximate surface area is 136 Å². The second-order valence-electron chi connectivity index (χ2n) is 5.34. The molecule has 0 aromatic heterocycles. The molecule has 0 aliphatic carbocycles. The van der Waals surface area contributed by atoms with Crippen molar-refractivity contribution in [1.29, 1.82) is 0 Å². The van der Waals surface area contributed by atoms with Crippen molar-refractivity contribution in [3.8, 4) is 11.5 Å². The Morgan fingerprint density at radius 2 is 1.82 bits per heavy atom. The zero-order valence-corrected chi connectivity index (χ0v) is 14.1. The van der Waals surface area contributed by atoms with Crippen LogP contribution in [0.5, 0.6) is 11.5 Å². The van der Waals surface area contributed by atoms with Gasteiger partial charge in [0.05, 0.1) is 14.2 Å². The number of nitrogens with zero attached hydrogens (tertiary/aromatic N) is 2. The van der Waals surface area contributed by atoms with Gasteiger partial charge in [0.1, 0.15) is 5.88 Å². The summed E-state index contributed by atoms with van der Waals surface area (Å²) >= 11 is 5.61. The highest BCUT2D eigenvalue weighted by atomic mass is 35.5. The van der Waals surface area contributed by atoms with Gasteiger partial charge in [0, 0.05) is 32.2 Å². The molecule has 2 rings (SSSR count). The van der Waals surface area contributed by atoms with E-state index in [2.05, 4.69) is 17.9 Å². The Balaban J connectivity index is 2.03. The molecule has 1 aliphatic heterocycles. The first kappa shape index (κ1) is 16.9. The lowest BCUT2D eigenvalue weighted by atomic mass is 10.1. The molecular formula is C16H23ClN2O3. The van der Waals surface area contributed by atoms with E-state index in [1.165, 1.54) is 5.56 Å². The van der Waals surface area contributed by atoms with Crippen molar-refractivity contribution in [3.63, 3.8) is 0 Å². The molecule has 0 N–H and O–H groups in total. The molecule has 0 spiro atoms. The van der Waals surface area contributed by atoms with Gasteiger partial charge in [-0.1, -0.05) is 6.07 Å². The van der Waals surface area contributed by atoms with Gasteiger partial charge in [-0.15, -0.1) is 11.6 Å². The van der Waals surface area contributed by atoms with Gasteiger partial charge in [-0.25, -0.2) is 0 Å². The third-order valence-electron chi connectivity index (χ3n) is 4.22. The number of carbonyl (C=O) groups excluding carboxylic acids is 1. The first-order valence-corrected chi connectivity index (χ1v) is 7.93. The summed E-state index contributed by atoms with van der Waals surface area (Å²) in [7, 11) is 3.27. The van der Waals surface area contributed by atoms with Gasteiger partial charge in [0.15, 0.2) is 11.5 Å². The minimum absolute atomic E-state index is 0.0140. The average Bonchev–Trinajstić information content (AvgIpc) is 2.59. The molecule has 22 heavy (non-hydrogen) atoms. The molecule has 1 fully saturated rings. The smallest absolute Gasteiger partial charge is 0.237 e. The summed E-state index contributed by atoms with van der Waals surface area (Å²) in [6, 6.07) is 6.26. The number of alkyl halides is 1. The van der Waals surface area contributed by atoms with E-state index in [1.807, 2.05) is 17.0 Å². The molecule has 0 radical (unpaired) electrons. The normalized spacial score (nSPS) is 17.2. The SMILES string of the molecule is COc1ccc([C@@H](C)N2CCN(C(=O)CCl)CC2)cc1OC. The van der Waals surface area contributed by atoms with Crippen LogP contribution in [0.15, 0.2) is 18.2 Å². The van der Waals surface area contributed by atoms with Crippen LogP contribution in [0.1, 0.15) is 18.5 Å². The van der Waals surface area contributed by atoms with Crippen LogP contribution in [0.3, 0.4) is 0 Å². The Hall–Kier alpha value is -1.46. The Morgan fingerprint density at radius 3 is 2.36 bits per heavy atom. The van der Waals surface area contributed by atoms with Gasteiger partial charge < -0.3 is 14.4 Å². The van der Waals surface area contributed by atoms with E-state index in [9.17, 15) is 4.79 Å². The Bertz CT molecular complexity index is 516. The van der Waals surface area contributed by atoms with E-state index < -0.39 is 0 Å². The molecule has 122 valence electrons. The van der Waals surface area contributed by atoms with Crippen LogP contribution in [0.25, 0.3) is 0 Å². The van der Waals surface area contributed by atoms with Crippen molar-refractivity contribution in [2.75, 3.05) is 46.3 Å². The number of benzene rings is 1. The van der Waals surface area contributed by atoms with Crippen molar-refractivity contribution < 1.29 is 14.3 Å². The van der Waals surface area contributed by atoms with E-state index >= 15 is 0 Å². The maximum Gasteiger partial charge on any atom is 0.237 e. The zero-order chi connectivity index (χ0) is 16.1. The highest BCUT2D eigenvalue weighted by Crippen LogP contribution is 2.32. The van der Waals surface area contributed by atoms with E-state index in [1.54, 1.807) is 14.2 Å². The van der Waals surface area contributed by atoms with Crippen LogP contribution in [-0.4, -0.2) is 62.0 Å². The number of methoxy groups -OCH3 is 2. The molecule has 1 aliphatic rings. The third kappa shape index (κ3) is 3.65. The van der Waals surface area contributed by atoms with Crippen LogP contribution in [0.4, 0.5) is 0 Å². The fraction of sp³-hybridized carbons (Fsp3) is 0.562. The standard InChI is InChI=1S/C16H23ClN2O3/c1-12(13-4-5-14(21-2)15(10-13)22-3)18-6-8-19(9-7-18)16(20)11-17/h4-5,10,12H,6-9,11H2,1-3H3/t12-/m1/s1. The molecule has 1 amide bonds. The number of hydrogen-bond donors (Lipinski definition) is 0. The van der Waals surface area contributed by atoms with Crippen LogP contribution in [0, 0.1) is 0 Å². The minimum atomic E-state index is 0.0140. The number of ether oxygens (including phenoxy) is 2. The van der Waals surface area contributed by atoms with Gasteiger partial charge in [-0.3, -0.25) is 9.69 Å². The van der Waals surface area contributed by atoms with Crippen molar-refractivity contribution in [3.05, 3.63) is 23.8 Å². The number of hydrogen-bond acceptors (Lipinski definition) is 4. The van der Waals surface area contributed by atoms with Gasteiger partial charge >= 0.3 is 0 Å². The van der Waals surface area contributed by atoms with Gasteiger partial charge in [-0.2, -0.15) is 0 Å². The molecule has 1 atom stereocenters. The second kappa shape index (κ2) is 7.70. The third-order valence-corrected chi connectivity index (χ3v) is 4.45.